The molecule has 0 aliphatic heterocycles. The van der Waals surface area contributed by atoms with Crippen LogP contribution in [-0.2, 0) is 4.79 Å². The highest BCUT2D eigenvalue weighted by molar-refractivity contribution is 5.87. The fourth-order valence-electron chi connectivity index (χ4n) is 1.81. The van der Waals surface area contributed by atoms with E-state index in [-0.39, 0.29) is 0 Å². The fraction of sp³-hybridized carbons (Fsp3) is 0.900. The van der Waals surface area contributed by atoms with Crippen molar-refractivity contribution < 1.29 is 18.0 Å². The van der Waals surface area contributed by atoms with Crippen molar-refractivity contribution in [1.29, 1.82) is 0 Å². The molecule has 0 spiro atoms. The molecule has 1 amide bonds. The maximum atomic E-state index is 12.5. The summed E-state index contributed by atoms with van der Waals surface area (Å²) in [4.78, 5) is 11.5. The van der Waals surface area contributed by atoms with Gasteiger partial charge in [0.1, 0.15) is 0 Å². The van der Waals surface area contributed by atoms with E-state index < -0.39 is 23.2 Å². The third-order valence-electron chi connectivity index (χ3n) is 3.18. The molecule has 0 aromatic carbocycles. The van der Waals surface area contributed by atoms with Crippen molar-refractivity contribution in [3.05, 3.63) is 0 Å². The van der Waals surface area contributed by atoms with Crippen LogP contribution >= 0.6 is 0 Å². The van der Waals surface area contributed by atoms with Gasteiger partial charge < -0.3 is 11.1 Å². The standard InChI is InChI=1S/C10H17F3N2O/c1-8(5-3-4-6-8)15-7(16)9(2,14)10(11,12)13/h3-6,14H2,1-2H3,(H,15,16). The number of carbonyl (C=O) groups is 1. The van der Waals surface area contributed by atoms with E-state index in [1.807, 2.05) is 0 Å². The van der Waals surface area contributed by atoms with Gasteiger partial charge in [0.05, 0.1) is 0 Å². The van der Waals surface area contributed by atoms with E-state index in [1.165, 1.54) is 0 Å². The van der Waals surface area contributed by atoms with Crippen LogP contribution in [0, 0.1) is 0 Å². The summed E-state index contributed by atoms with van der Waals surface area (Å²) in [5, 5.41) is 2.42. The fourth-order valence-corrected chi connectivity index (χ4v) is 1.81. The Balaban J connectivity index is 2.72. The SMILES string of the molecule is CC1(NC(=O)C(C)(N)C(F)(F)F)CCCC1. The van der Waals surface area contributed by atoms with E-state index in [1.54, 1.807) is 6.92 Å². The second-order valence-electron chi connectivity index (χ2n) is 4.92. The lowest BCUT2D eigenvalue weighted by Gasteiger charge is -2.32. The van der Waals surface area contributed by atoms with Gasteiger partial charge in [-0.25, -0.2) is 0 Å². The van der Waals surface area contributed by atoms with E-state index in [9.17, 15) is 18.0 Å². The molecule has 6 heteroatoms. The van der Waals surface area contributed by atoms with E-state index in [0.29, 0.717) is 19.8 Å². The van der Waals surface area contributed by atoms with Crippen LogP contribution < -0.4 is 11.1 Å². The second-order valence-corrected chi connectivity index (χ2v) is 4.92. The highest BCUT2D eigenvalue weighted by Crippen LogP contribution is 2.32. The Hall–Kier alpha value is -0.780. The summed E-state index contributed by atoms with van der Waals surface area (Å²) >= 11 is 0. The molecule has 1 aliphatic carbocycles. The van der Waals surface area contributed by atoms with Gasteiger partial charge in [-0.2, -0.15) is 13.2 Å². The number of hydrogen-bond donors (Lipinski definition) is 2. The van der Waals surface area contributed by atoms with Crippen LogP contribution in [0.5, 0.6) is 0 Å². The first-order chi connectivity index (χ1) is 7.08. The van der Waals surface area contributed by atoms with E-state index >= 15 is 0 Å². The van der Waals surface area contributed by atoms with Crippen molar-refractivity contribution in [1.82, 2.24) is 5.32 Å². The van der Waals surface area contributed by atoms with Crippen molar-refractivity contribution >= 4 is 5.91 Å². The van der Waals surface area contributed by atoms with Crippen molar-refractivity contribution in [2.75, 3.05) is 0 Å². The third kappa shape index (κ3) is 2.48. The number of alkyl halides is 3. The van der Waals surface area contributed by atoms with Gasteiger partial charge in [-0.3, -0.25) is 4.79 Å². The molecule has 1 atom stereocenters. The summed E-state index contributed by atoms with van der Waals surface area (Å²) in [5.41, 5.74) is 1.68. The van der Waals surface area contributed by atoms with Crippen LogP contribution in [0.4, 0.5) is 13.2 Å². The van der Waals surface area contributed by atoms with Crippen LogP contribution in [0.15, 0.2) is 0 Å². The molecule has 0 radical (unpaired) electrons. The Morgan fingerprint density at radius 2 is 1.75 bits per heavy atom. The maximum Gasteiger partial charge on any atom is 0.415 e. The van der Waals surface area contributed by atoms with Crippen LogP contribution in [0.2, 0.25) is 0 Å². The Labute approximate surface area is 92.6 Å². The molecule has 16 heavy (non-hydrogen) atoms. The van der Waals surface area contributed by atoms with Crippen molar-refractivity contribution in [2.45, 2.75) is 56.8 Å². The van der Waals surface area contributed by atoms with E-state index in [4.69, 9.17) is 5.73 Å². The Kier molecular flexibility index (Phi) is 3.24. The molecule has 0 aromatic heterocycles. The number of halogens is 3. The first kappa shape index (κ1) is 13.3. The van der Waals surface area contributed by atoms with Crippen LogP contribution in [0.3, 0.4) is 0 Å². The minimum Gasteiger partial charge on any atom is -0.349 e. The van der Waals surface area contributed by atoms with Crippen molar-refractivity contribution in [3.8, 4) is 0 Å². The first-order valence-corrected chi connectivity index (χ1v) is 5.27. The van der Waals surface area contributed by atoms with E-state index in [2.05, 4.69) is 5.32 Å². The average molecular weight is 238 g/mol. The predicted octanol–water partition coefficient (Wildman–Crippen LogP) is 1.71. The summed E-state index contributed by atoms with van der Waals surface area (Å²) < 4.78 is 37.5. The molecule has 0 saturated heterocycles. The van der Waals surface area contributed by atoms with Crippen LogP contribution in [0.25, 0.3) is 0 Å². The number of rotatable bonds is 2. The largest absolute Gasteiger partial charge is 0.415 e. The van der Waals surface area contributed by atoms with Gasteiger partial charge in [0.15, 0.2) is 5.54 Å². The van der Waals surface area contributed by atoms with Crippen molar-refractivity contribution in [3.63, 3.8) is 0 Å². The lowest BCUT2D eigenvalue weighted by Crippen LogP contribution is -2.64. The summed E-state index contributed by atoms with van der Waals surface area (Å²) in [7, 11) is 0. The summed E-state index contributed by atoms with van der Waals surface area (Å²) in [5.74, 6) is -1.15. The topological polar surface area (TPSA) is 55.1 Å². The van der Waals surface area contributed by atoms with Gasteiger partial charge in [-0.15, -0.1) is 0 Å². The third-order valence-corrected chi connectivity index (χ3v) is 3.18. The molecule has 0 bridgehead atoms. The monoisotopic (exact) mass is 238 g/mol. The molecule has 1 unspecified atom stereocenters. The average Bonchev–Trinajstić information content (AvgIpc) is 2.49. The number of amides is 1. The molecule has 1 rings (SSSR count). The lowest BCUT2D eigenvalue weighted by atomic mass is 9.96. The molecule has 0 aromatic rings. The minimum absolute atomic E-state index is 0.539. The van der Waals surface area contributed by atoms with Gasteiger partial charge in [-0.1, -0.05) is 12.8 Å². The first-order valence-electron chi connectivity index (χ1n) is 5.27. The number of carbonyl (C=O) groups excluding carboxylic acids is 1. The number of hydrogen-bond acceptors (Lipinski definition) is 2. The minimum atomic E-state index is -4.73. The summed E-state index contributed by atoms with van der Waals surface area (Å²) in [6.45, 7) is 2.45. The maximum absolute atomic E-state index is 12.5. The Bertz CT molecular complexity index is 280. The van der Waals surface area contributed by atoms with Crippen molar-refractivity contribution in [2.24, 2.45) is 5.73 Å². The highest BCUT2D eigenvalue weighted by Gasteiger charge is 2.55. The molecule has 0 heterocycles. The van der Waals surface area contributed by atoms with Gasteiger partial charge in [-0.05, 0) is 26.7 Å². The Morgan fingerprint density at radius 1 is 1.31 bits per heavy atom. The second kappa shape index (κ2) is 3.91. The van der Waals surface area contributed by atoms with Gasteiger partial charge in [0, 0.05) is 5.54 Å². The smallest absolute Gasteiger partial charge is 0.349 e. The molecule has 1 saturated carbocycles. The zero-order valence-corrected chi connectivity index (χ0v) is 9.45. The molecule has 1 aliphatic rings. The summed E-state index contributed by atoms with van der Waals surface area (Å²) in [6, 6.07) is 0. The number of nitrogens with one attached hydrogen (secondary N) is 1. The molecular formula is C10H17F3N2O. The molecule has 3 nitrogen and oxygen atoms in total. The molecule has 3 N–H and O–H groups in total. The van der Waals surface area contributed by atoms with Crippen LogP contribution in [0.1, 0.15) is 39.5 Å². The molecule has 94 valence electrons. The quantitative estimate of drug-likeness (QED) is 0.769. The van der Waals surface area contributed by atoms with E-state index in [0.717, 1.165) is 12.8 Å². The van der Waals surface area contributed by atoms with Gasteiger partial charge in [0.25, 0.3) is 0 Å². The van der Waals surface area contributed by atoms with Gasteiger partial charge >= 0.3 is 6.18 Å². The Morgan fingerprint density at radius 3 is 2.12 bits per heavy atom. The zero-order valence-electron chi connectivity index (χ0n) is 9.45. The zero-order chi connectivity index (χ0) is 12.6. The van der Waals surface area contributed by atoms with Crippen LogP contribution in [-0.4, -0.2) is 23.2 Å². The van der Waals surface area contributed by atoms with Gasteiger partial charge in [0.2, 0.25) is 5.91 Å². The molecular weight excluding hydrogens is 221 g/mol. The highest BCUT2D eigenvalue weighted by atomic mass is 19.4. The summed E-state index contributed by atoms with van der Waals surface area (Å²) in [6.07, 6.45) is -1.49. The normalized spacial score (nSPS) is 23.9. The number of nitrogens with two attached hydrogens (primary N) is 1. The molecule has 1 fully saturated rings. The predicted molar refractivity (Wildman–Crippen MR) is 53.7 cm³/mol. The lowest BCUT2D eigenvalue weighted by molar-refractivity contribution is -0.188.